The highest BCUT2D eigenvalue weighted by Gasteiger charge is 2.47. The topological polar surface area (TPSA) is 276 Å². The van der Waals surface area contributed by atoms with Gasteiger partial charge in [-0.25, -0.2) is 61.0 Å². The van der Waals surface area contributed by atoms with Crippen molar-refractivity contribution < 1.29 is 74.1 Å². The predicted molar refractivity (Wildman–Crippen MR) is 343 cm³/mol. The summed E-state index contributed by atoms with van der Waals surface area (Å²) in [6.45, 7) is 12.0. The molecule has 0 aliphatic carbocycles. The van der Waals surface area contributed by atoms with Crippen LogP contribution in [0.15, 0.2) is 180 Å². The summed E-state index contributed by atoms with van der Waals surface area (Å²) in [5.74, 6) is -6.13. The van der Waals surface area contributed by atoms with Crippen molar-refractivity contribution in [2.45, 2.75) is 63.2 Å². The molecule has 0 bridgehead atoms. The van der Waals surface area contributed by atoms with Crippen LogP contribution in [0.25, 0.3) is 22.5 Å². The number of carbonyl (C=O) groups is 2. The lowest BCUT2D eigenvalue weighted by Crippen LogP contribution is -2.42. The van der Waals surface area contributed by atoms with E-state index in [1.165, 1.54) is 107 Å². The molecule has 0 fully saturated rings. The number of hydrogen-bond acceptors (Lipinski definition) is 20. The first-order chi connectivity index (χ1) is 44.9. The molecule has 10 rings (SSSR count). The average Bonchev–Trinajstić information content (AvgIpc) is 1.26. The summed E-state index contributed by atoms with van der Waals surface area (Å²) in [5, 5.41) is 13.2. The molecule has 6 aromatic carbocycles. The summed E-state index contributed by atoms with van der Waals surface area (Å²) < 4.78 is 119. The van der Waals surface area contributed by atoms with Crippen LogP contribution in [0, 0.1) is 23.3 Å². The fourth-order valence-electron chi connectivity index (χ4n) is 9.70. The van der Waals surface area contributed by atoms with Crippen molar-refractivity contribution in [3.8, 4) is 22.5 Å². The van der Waals surface area contributed by atoms with E-state index in [1.807, 2.05) is 47.2 Å². The molecular formula is C64H60F4N10O12P2S2. The van der Waals surface area contributed by atoms with Crippen LogP contribution in [0.4, 0.5) is 28.9 Å². The Balaban J connectivity index is 0.000000221. The van der Waals surface area contributed by atoms with E-state index in [2.05, 4.69) is 48.1 Å². The molecule has 4 aromatic heterocycles. The molecule has 0 spiro atoms. The second-order valence-corrected chi connectivity index (χ2v) is 27.1. The Labute approximate surface area is 544 Å². The number of esters is 2. The zero-order valence-electron chi connectivity index (χ0n) is 50.6. The van der Waals surface area contributed by atoms with Crippen LogP contribution >= 0.6 is 37.9 Å². The number of phosphoric acid groups is 1. The Hall–Kier alpha value is -8.92. The molecule has 0 amide bonds. The molecule has 0 aliphatic rings. The first kappa shape index (κ1) is 69.4. The molecule has 10 aromatic rings. The summed E-state index contributed by atoms with van der Waals surface area (Å²) in [6.07, 6.45) is 5.49. The van der Waals surface area contributed by atoms with E-state index in [-0.39, 0.29) is 48.6 Å². The first-order valence-corrected chi connectivity index (χ1v) is 34.1. The Bertz CT molecular complexity index is 4040. The number of benzene rings is 6. The van der Waals surface area contributed by atoms with Crippen LogP contribution in [0.2, 0.25) is 0 Å². The molecular weight excluding hydrogens is 1300 g/mol. The molecule has 0 aliphatic heterocycles. The molecule has 0 saturated carbocycles. The van der Waals surface area contributed by atoms with E-state index in [0.29, 0.717) is 38.3 Å². The van der Waals surface area contributed by atoms with Crippen LogP contribution in [-0.2, 0) is 74.6 Å². The summed E-state index contributed by atoms with van der Waals surface area (Å²) in [6, 6.07) is 33.1. The van der Waals surface area contributed by atoms with Crippen molar-refractivity contribution in [2.75, 3.05) is 26.9 Å². The lowest BCUT2D eigenvalue weighted by molar-refractivity contribution is -0.148. The van der Waals surface area contributed by atoms with Crippen molar-refractivity contribution in [1.29, 1.82) is 0 Å². The molecule has 94 heavy (non-hydrogen) atoms. The van der Waals surface area contributed by atoms with E-state index >= 15 is 8.78 Å². The minimum absolute atomic E-state index is 0.0181. The van der Waals surface area contributed by atoms with E-state index < -0.39 is 87.0 Å². The van der Waals surface area contributed by atoms with E-state index in [4.69, 9.17) is 43.2 Å². The smallest absolute Gasteiger partial charge is 0.435 e. The van der Waals surface area contributed by atoms with Gasteiger partial charge in [-0.1, -0.05) is 74.5 Å². The normalized spacial score (nSPS) is 13.6. The van der Waals surface area contributed by atoms with Crippen molar-refractivity contribution in [1.82, 2.24) is 39.5 Å². The van der Waals surface area contributed by atoms with Gasteiger partial charge in [0.25, 0.3) is 0 Å². The SMILES string of the molecule is C=Nc1ccc(-c2csc([C@H](C)C(Cn3cncn3)(OCOC(=O)c3ccc(COP(=O)(O)O)cc3)c3ccc(F)cc3F)n2)cc1.C=Nc1ccc(-c2csc([C@H](C)C(Cn3cncn3)(OCOC(=O)c3ccc(COP(C)(C)=O)cc3)c3ccc(F)cc3F)n2)cc1. The highest BCUT2D eigenvalue weighted by Crippen LogP contribution is 2.47. The molecule has 2 N–H and O–H groups in total. The van der Waals surface area contributed by atoms with Crippen LogP contribution in [0.5, 0.6) is 0 Å². The quantitative estimate of drug-likeness (QED) is 0.0152. The molecule has 4 atom stereocenters. The fraction of sp³-hybridized carbons (Fsp3) is 0.219. The third-order valence-corrected chi connectivity index (χ3v) is 18.0. The lowest BCUT2D eigenvalue weighted by Gasteiger charge is -2.38. The minimum atomic E-state index is -4.67. The van der Waals surface area contributed by atoms with Gasteiger partial charge < -0.3 is 33.3 Å². The van der Waals surface area contributed by atoms with Crippen LogP contribution in [-0.4, -0.2) is 102 Å². The van der Waals surface area contributed by atoms with Gasteiger partial charge in [0, 0.05) is 70.3 Å². The molecule has 488 valence electrons. The third-order valence-electron chi connectivity index (χ3n) is 14.7. The summed E-state index contributed by atoms with van der Waals surface area (Å²) in [4.78, 5) is 69.3. The van der Waals surface area contributed by atoms with Crippen molar-refractivity contribution >= 4 is 74.6 Å². The van der Waals surface area contributed by atoms with Crippen LogP contribution in [0.3, 0.4) is 0 Å². The van der Waals surface area contributed by atoms with Gasteiger partial charge in [0.2, 0.25) is 0 Å². The largest absolute Gasteiger partial charge is 0.469 e. The number of nitrogens with zero attached hydrogens (tertiary/aromatic N) is 10. The Morgan fingerprint density at radius 3 is 1.32 bits per heavy atom. The zero-order chi connectivity index (χ0) is 67.2. The second-order valence-electron chi connectivity index (χ2n) is 21.3. The molecule has 30 heteroatoms. The van der Waals surface area contributed by atoms with Gasteiger partial charge in [0.05, 0.1) is 70.2 Å². The third kappa shape index (κ3) is 17.8. The van der Waals surface area contributed by atoms with Crippen molar-refractivity contribution in [3.63, 3.8) is 0 Å². The summed E-state index contributed by atoms with van der Waals surface area (Å²) in [7, 11) is -7.34. The highest BCUT2D eigenvalue weighted by atomic mass is 32.1. The van der Waals surface area contributed by atoms with E-state index in [9.17, 15) is 27.5 Å². The molecule has 2 unspecified atom stereocenters. The van der Waals surface area contributed by atoms with E-state index in [0.717, 1.165) is 41.0 Å². The number of hydrogen-bond donors (Lipinski definition) is 2. The number of ether oxygens (including phenoxy) is 4. The van der Waals surface area contributed by atoms with Gasteiger partial charge in [-0.05, 0) is 85.2 Å². The first-order valence-electron chi connectivity index (χ1n) is 28.3. The maximum Gasteiger partial charge on any atom is 0.469 e. The Morgan fingerprint density at radius 2 is 0.979 bits per heavy atom. The Kier molecular flexibility index (Phi) is 22.8. The number of aromatic nitrogens is 8. The number of thiazole rings is 2. The molecule has 0 saturated heterocycles. The summed E-state index contributed by atoms with van der Waals surface area (Å²) >= 11 is 2.66. The maximum absolute atomic E-state index is 15.7. The number of aliphatic imine (C=N–C) groups is 2. The highest BCUT2D eigenvalue weighted by molar-refractivity contribution is 7.57. The van der Waals surface area contributed by atoms with Crippen LogP contribution < -0.4 is 0 Å². The van der Waals surface area contributed by atoms with Crippen molar-refractivity contribution in [3.05, 3.63) is 236 Å². The molecule has 22 nitrogen and oxygen atoms in total. The number of rotatable bonds is 28. The number of carbonyl (C=O) groups excluding carboxylic acids is 2. The number of halogens is 4. The van der Waals surface area contributed by atoms with Gasteiger partial charge in [0.15, 0.2) is 21.0 Å². The second kappa shape index (κ2) is 30.9. The van der Waals surface area contributed by atoms with Gasteiger partial charge in [-0.3, -0.25) is 19.1 Å². The monoisotopic (exact) mass is 1360 g/mol. The standard InChI is InChI=1S/C33H32F2N5O5PS.C31H28F2N5O7PS/c1-22(31-39-30(17-47-31)24-9-12-27(36-2)13-10-24)33(18-40-20-37-19-38-40,28-14-11-26(34)15-29(28)35)44-21-43-32(41)25-7-5-23(6-8-25)16-45-46(3,4)42;1-20(29-37-28(15-47-29)22-7-10-25(34-2)11-8-22)31(16-38-18-35-17-36-38,26-12-9-24(32)13-27(26)33)44-19-43-30(39)23-5-3-21(4-6-23)14-45-46(40,41)42/h5-15,17,19-20,22H,2,16,18,21H2,1,3-4H3;3-13,15,17-18,20H,2,14,16,19H2,1H3,(H2,40,41,42)/t22-,33?;20-,31?/m00/s1. The Morgan fingerprint density at radius 1 is 0.585 bits per heavy atom. The van der Waals surface area contributed by atoms with Gasteiger partial charge in [-0.15, -0.1) is 22.7 Å². The van der Waals surface area contributed by atoms with E-state index in [1.54, 1.807) is 50.2 Å². The van der Waals surface area contributed by atoms with Crippen molar-refractivity contribution in [2.24, 2.45) is 9.98 Å². The fourth-order valence-corrected chi connectivity index (χ4v) is 12.4. The minimum Gasteiger partial charge on any atom is -0.435 e. The van der Waals surface area contributed by atoms with Crippen LogP contribution in [0.1, 0.15) is 78.7 Å². The maximum atomic E-state index is 15.7. The zero-order valence-corrected chi connectivity index (χ0v) is 54.1. The lowest BCUT2D eigenvalue weighted by atomic mass is 9.81. The summed E-state index contributed by atoms with van der Waals surface area (Å²) in [5.41, 5.74) is 2.66. The molecule has 0 radical (unpaired) electrons. The predicted octanol–water partition coefficient (Wildman–Crippen LogP) is 13.7. The number of phosphoric ester groups is 1. The molecule has 4 heterocycles. The van der Waals surface area contributed by atoms with Gasteiger partial charge in [-0.2, -0.15) is 10.2 Å². The van der Waals surface area contributed by atoms with Gasteiger partial charge >= 0.3 is 19.8 Å². The average molecular weight is 1360 g/mol. The van der Waals surface area contributed by atoms with Gasteiger partial charge in [0.1, 0.15) is 59.8 Å².